The van der Waals surface area contributed by atoms with Gasteiger partial charge in [-0.25, -0.2) is 0 Å². The first kappa shape index (κ1) is 12.7. The average Bonchev–Trinajstić information content (AvgIpc) is 3.16. The van der Waals surface area contributed by atoms with E-state index in [0.717, 1.165) is 30.9 Å². The standard InChI is InChI=1S/C13H20N4OS/c14-11-10(12(18)15-9-5-6-9)13(19-16-11)17-7-3-1-2-4-8-17/h9H,1-8H2,(H2,14,16)(H,15,18). The SMILES string of the molecule is Nc1nsc(N2CCCCCC2)c1C(=O)NC1CC1. The third-order valence-corrected chi connectivity index (χ3v) is 4.66. The molecular formula is C13H20N4OS. The van der Waals surface area contributed by atoms with Crippen molar-refractivity contribution in [2.24, 2.45) is 0 Å². The Balaban J connectivity index is 1.81. The predicted molar refractivity (Wildman–Crippen MR) is 77.7 cm³/mol. The minimum atomic E-state index is -0.0482. The largest absolute Gasteiger partial charge is 0.382 e. The van der Waals surface area contributed by atoms with Crippen LogP contribution in [0.25, 0.3) is 0 Å². The highest BCUT2D eigenvalue weighted by molar-refractivity contribution is 7.11. The molecule has 1 saturated heterocycles. The summed E-state index contributed by atoms with van der Waals surface area (Å²) in [5.41, 5.74) is 6.49. The maximum Gasteiger partial charge on any atom is 0.258 e. The molecule has 0 atom stereocenters. The van der Waals surface area contributed by atoms with Crippen molar-refractivity contribution in [2.45, 2.75) is 44.6 Å². The number of hydrogen-bond donors (Lipinski definition) is 2. The number of anilines is 2. The molecule has 0 aromatic carbocycles. The van der Waals surface area contributed by atoms with Crippen molar-refractivity contribution in [1.82, 2.24) is 9.69 Å². The molecule has 6 heteroatoms. The lowest BCUT2D eigenvalue weighted by molar-refractivity contribution is 0.0952. The topological polar surface area (TPSA) is 71.2 Å². The van der Waals surface area contributed by atoms with E-state index in [2.05, 4.69) is 14.6 Å². The molecule has 1 aliphatic heterocycles. The maximum absolute atomic E-state index is 12.3. The van der Waals surface area contributed by atoms with E-state index in [-0.39, 0.29) is 5.91 Å². The van der Waals surface area contributed by atoms with Crippen LogP contribution in [0.1, 0.15) is 48.9 Å². The molecule has 3 N–H and O–H groups in total. The molecule has 2 aliphatic rings. The van der Waals surface area contributed by atoms with Crippen molar-refractivity contribution in [3.05, 3.63) is 5.56 Å². The Kier molecular flexibility index (Phi) is 3.59. The normalized spacial score (nSPS) is 20.1. The zero-order valence-corrected chi connectivity index (χ0v) is 11.8. The third kappa shape index (κ3) is 2.83. The average molecular weight is 280 g/mol. The van der Waals surface area contributed by atoms with E-state index in [0.29, 0.717) is 17.4 Å². The van der Waals surface area contributed by atoms with Gasteiger partial charge in [0.05, 0.1) is 0 Å². The number of nitrogens with zero attached hydrogens (tertiary/aromatic N) is 2. The number of hydrogen-bond acceptors (Lipinski definition) is 5. The number of nitrogens with one attached hydrogen (secondary N) is 1. The first-order valence-electron chi connectivity index (χ1n) is 7.06. The number of aromatic nitrogens is 1. The highest BCUT2D eigenvalue weighted by atomic mass is 32.1. The molecule has 5 nitrogen and oxygen atoms in total. The van der Waals surface area contributed by atoms with Crippen LogP contribution in [0.2, 0.25) is 0 Å². The molecule has 19 heavy (non-hydrogen) atoms. The van der Waals surface area contributed by atoms with E-state index in [4.69, 9.17) is 5.73 Å². The van der Waals surface area contributed by atoms with Gasteiger partial charge in [0.2, 0.25) is 0 Å². The number of nitrogen functional groups attached to an aromatic ring is 1. The molecule has 0 unspecified atom stereocenters. The second-order valence-electron chi connectivity index (χ2n) is 5.40. The molecule has 0 spiro atoms. The van der Waals surface area contributed by atoms with Crippen LogP contribution in [0.4, 0.5) is 10.8 Å². The van der Waals surface area contributed by atoms with Gasteiger partial charge in [-0.1, -0.05) is 12.8 Å². The minimum absolute atomic E-state index is 0.0482. The number of nitrogens with two attached hydrogens (primary N) is 1. The summed E-state index contributed by atoms with van der Waals surface area (Å²) in [7, 11) is 0. The summed E-state index contributed by atoms with van der Waals surface area (Å²) in [6, 6.07) is 0.351. The Hall–Kier alpha value is -1.30. The summed E-state index contributed by atoms with van der Waals surface area (Å²) in [5.74, 6) is 0.329. The van der Waals surface area contributed by atoms with Gasteiger partial charge in [-0.2, -0.15) is 4.37 Å². The van der Waals surface area contributed by atoms with E-state index in [1.165, 1.54) is 37.2 Å². The number of rotatable bonds is 3. The maximum atomic E-state index is 12.3. The first-order chi connectivity index (χ1) is 9.25. The van der Waals surface area contributed by atoms with Gasteiger partial charge in [-0.3, -0.25) is 4.79 Å². The van der Waals surface area contributed by atoms with Crippen molar-refractivity contribution in [3.63, 3.8) is 0 Å². The molecule has 1 aromatic rings. The van der Waals surface area contributed by atoms with Gasteiger partial charge in [0.1, 0.15) is 10.6 Å². The van der Waals surface area contributed by atoms with Crippen LogP contribution in [0.3, 0.4) is 0 Å². The second kappa shape index (κ2) is 5.36. The lowest BCUT2D eigenvalue weighted by Gasteiger charge is -2.21. The number of carbonyl (C=O) groups excluding carboxylic acids is 1. The van der Waals surface area contributed by atoms with Crippen LogP contribution in [0.5, 0.6) is 0 Å². The number of amides is 1. The molecule has 3 rings (SSSR count). The summed E-state index contributed by atoms with van der Waals surface area (Å²) < 4.78 is 4.19. The fourth-order valence-corrected chi connectivity index (χ4v) is 3.34. The van der Waals surface area contributed by atoms with Crippen LogP contribution < -0.4 is 16.0 Å². The Morgan fingerprint density at radius 1 is 1.26 bits per heavy atom. The van der Waals surface area contributed by atoms with Gasteiger partial charge in [0.15, 0.2) is 5.82 Å². The second-order valence-corrected chi connectivity index (χ2v) is 6.15. The van der Waals surface area contributed by atoms with Gasteiger partial charge in [0, 0.05) is 19.1 Å². The van der Waals surface area contributed by atoms with Gasteiger partial charge >= 0.3 is 0 Å². The molecule has 2 fully saturated rings. The van der Waals surface area contributed by atoms with E-state index in [1.807, 2.05) is 0 Å². The highest BCUT2D eigenvalue weighted by Gasteiger charge is 2.29. The van der Waals surface area contributed by atoms with Gasteiger partial charge < -0.3 is 16.0 Å². The van der Waals surface area contributed by atoms with E-state index >= 15 is 0 Å². The highest BCUT2D eigenvalue weighted by Crippen LogP contribution is 2.33. The van der Waals surface area contributed by atoms with E-state index < -0.39 is 0 Å². The quantitative estimate of drug-likeness (QED) is 0.888. The smallest absolute Gasteiger partial charge is 0.258 e. The molecule has 104 valence electrons. The van der Waals surface area contributed by atoms with E-state index in [1.54, 1.807) is 0 Å². The van der Waals surface area contributed by atoms with Crippen LogP contribution >= 0.6 is 11.5 Å². The summed E-state index contributed by atoms with van der Waals surface area (Å²) in [6.45, 7) is 2.01. The minimum Gasteiger partial charge on any atom is -0.382 e. The Labute approximate surface area is 117 Å². The Morgan fingerprint density at radius 3 is 2.58 bits per heavy atom. The molecule has 1 amide bonds. The fourth-order valence-electron chi connectivity index (χ4n) is 2.48. The van der Waals surface area contributed by atoms with Crippen LogP contribution in [-0.2, 0) is 0 Å². The monoisotopic (exact) mass is 280 g/mol. The van der Waals surface area contributed by atoms with Crippen molar-refractivity contribution in [2.75, 3.05) is 23.7 Å². The third-order valence-electron chi connectivity index (χ3n) is 3.73. The van der Waals surface area contributed by atoms with Crippen LogP contribution in [0.15, 0.2) is 0 Å². The summed E-state index contributed by atoms with van der Waals surface area (Å²) in [5, 5.41) is 3.97. The van der Waals surface area contributed by atoms with Crippen molar-refractivity contribution in [3.8, 4) is 0 Å². The molecular weight excluding hydrogens is 260 g/mol. The first-order valence-corrected chi connectivity index (χ1v) is 7.84. The molecule has 1 aliphatic carbocycles. The zero-order valence-electron chi connectivity index (χ0n) is 11.0. The molecule has 0 bridgehead atoms. The summed E-state index contributed by atoms with van der Waals surface area (Å²) >= 11 is 1.36. The van der Waals surface area contributed by atoms with Crippen molar-refractivity contribution >= 4 is 28.3 Å². The van der Waals surface area contributed by atoms with Crippen LogP contribution in [-0.4, -0.2) is 29.4 Å². The zero-order chi connectivity index (χ0) is 13.2. The summed E-state index contributed by atoms with van der Waals surface area (Å²) in [4.78, 5) is 14.6. The Morgan fingerprint density at radius 2 is 1.95 bits per heavy atom. The summed E-state index contributed by atoms with van der Waals surface area (Å²) in [6.07, 6.45) is 7.08. The van der Waals surface area contributed by atoms with Crippen molar-refractivity contribution in [1.29, 1.82) is 0 Å². The van der Waals surface area contributed by atoms with Gasteiger partial charge in [-0.15, -0.1) is 0 Å². The lowest BCUT2D eigenvalue weighted by atomic mass is 10.2. The van der Waals surface area contributed by atoms with Crippen molar-refractivity contribution < 1.29 is 4.79 Å². The van der Waals surface area contributed by atoms with Crippen LogP contribution in [0, 0.1) is 0 Å². The van der Waals surface area contributed by atoms with E-state index in [9.17, 15) is 4.79 Å². The molecule has 2 heterocycles. The fraction of sp³-hybridized carbons (Fsp3) is 0.692. The van der Waals surface area contributed by atoms with Gasteiger partial charge in [0.25, 0.3) is 5.91 Å². The number of carbonyl (C=O) groups is 1. The lowest BCUT2D eigenvalue weighted by Crippen LogP contribution is -2.30. The molecule has 1 saturated carbocycles. The Bertz CT molecular complexity index is 461. The van der Waals surface area contributed by atoms with Gasteiger partial charge in [-0.05, 0) is 37.2 Å². The molecule has 1 aromatic heterocycles. The molecule has 0 radical (unpaired) electrons. The predicted octanol–water partition coefficient (Wildman–Crippen LogP) is 2.00.